The van der Waals surface area contributed by atoms with Crippen LogP contribution in [0.3, 0.4) is 0 Å². The molecule has 0 saturated carbocycles. The highest BCUT2D eigenvalue weighted by atomic mass is 79.9. The van der Waals surface area contributed by atoms with Crippen LogP contribution < -0.4 is 10.2 Å². The second kappa shape index (κ2) is 6.50. The van der Waals surface area contributed by atoms with Gasteiger partial charge >= 0.3 is 0 Å². The maximum atomic E-state index is 12.3. The van der Waals surface area contributed by atoms with Gasteiger partial charge in [0, 0.05) is 23.6 Å². The van der Waals surface area contributed by atoms with E-state index < -0.39 is 0 Å². The average Bonchev–Trinajstić information content (AvgIpc) is 2.95. The molecule has 22 heavy (non-hydrogen) atoms. The van der Waals surface area contributed by atoms with Crippen molar-refractivity contribution in [2.75, 3.05) is 36.5 Å². The predicted octanol–water partition coefficient (Wildman–Crippen LogP) is 2.83. The van der Waals surface area contributed by atoms with Crippen LogP contribution in [-0.2, 0) is 4.74 Å². The zero-order valence-electron chi connectivity index (χ0n) is 12.1. The minimum absolute atomic E-state index is 0.269. The minimum atomic E-state index is -0.288. The van der Waals surface area contributed by atoms with Gasteiger partial charge in [-0.2, -0.15) is 0 Å². The summed E-state index contributed by atoms with van der Waals surface area (Å²) >= 11 is 3.44. The van der Waals surface area contributed by atoms with E-state index in [4.69, 9.17) is 9.26 Å². The third kappa shape index (κ3) is 3.31. The lowest BCUT2D eigenvalue weighted by Gasteiger charge is -2.30. The van der Waals surface area contributed by atoms with Crippen molar-refractivity contribution in [1.82, 2.24) is 5.16 Å². The number of nitrogens with one attached hydrogen (secondary N) is 1. The van der Waals surface area contributed by atoms with Crippen LogP contribution in [0.4, 0.5) is 11.4 Å². The smallest absolute Gasteiger partial charge is 0.277 e. The van der Waals surface area contributed by atoms with E-state index >= 15 is 0 Å². The van der Waals surface area contributed by atoms with Gasteiger partial charge in [-0.3, -0.25) is 4.79 Å². The highest BCUT2D eigenvalue weighted by Gasteiger charge is 2.18. The topological polar surface area (TPSA) is 67.6 Å². The zero-order valence-corrected chi connectivity index (χ0v) is 13.7. The number of benzene rings is 1. The normalized spacial score (nSPS) is 14.9. The van der Waals surface area contributed by atoms with E-state index in [1.165, 1.54) is 0 Å². The standard InChI is InChI=1S/C15H16BrN3O3/c1-10-8-13(18-22-10)15(20)17-12-9-11(16)2-3-14(12)19-4-6-21-7-5-19/h2-3,8-9H,4-7H2,1H3,(H,17,20). The highest BCUT2D eigenvalue weighted by Crippen LogP contribution is 2.30. The van der Waals surface area contributed by atoms with Crippen molar-refractivity contribution in [3.8, 4) is 0 Å². The summed E-state index contributed by atoms with van der Waals surface area (Å²) in [6, 6.07) is 7.44. The van der Waals surface area contributed by atoms with E-state index in [-0.39, 0.29) is 11.6 Å². The van der Waals surface area contributed by atoms with Gasteiger partial charge in [0.2, 0.25) is 0 Å². The van der Waals surface area contributed by atoms with Gasteiger partial charge in [-0.1, -0.05) is 21.1 Å². The second-order valence-electron chi connectivity index (χ2n) is 5.04. The number of carbonyl (C=O) groups is 1. The molecular formula is C15H16BrN3O3. The summed E-state index contributed by atoms with van der Waals surface area (Å²) in [5.74, 6) is 0.317. The van der Waals surface area contributed by atoms with Crippen LogP contribution in [-0.4, -0.2) is 37.4 Å². The van der Waals surface area contributed by atoms with Gasteiger partial charge in [0.1, 0.15) is 5.76 Å². The number of amides is 1. The summed E-state index contributed by atoms with van der Waals surface area (Å²) in [4.78, 5) is 14.5. The number of aryl methyl sites for hydroxylation is 1. The Morgan fingerprint density at radius 1 is 1.32 bits per heavy atom. The molecule has 1 saturated heterocycles. The number of rotatable bonds is 3. The number of hydrogen-bond acceptors (Lipinski definition) is 5. The molecule has 1 fully saturated rings. The quantitative estimate of drug-likeness (QED) is 0.905. The maximum absolute atomic E-state index is 12.3. The Balaban J connectivity index is 1.85. The minimum Gasteiger partial charge on any atom is -0.378 e. The van der Waals surface area contributed by atoms with Crippen LogP contribution in [0.1, 0.15) is 16.2 Å². The number of halogens is 1. The van der Waals surface area contributed by atoms with Gasteiger partial charge in [-0.25, -0.2) is 0 Å². The lowest BCUT2D eigenvalue weighted by atomic mass is 10.2. The average molecular weight is 366 g/mol. The molecule has 2 heterocycles. The number of nitrogens with zero attached hydrogens (tertiary/aromatic N) is 2. The molecule has 0 bridgehead atoms. The molecule has 2 aromatic rings. The Morgan fingerprint density at radius 3 is 2.77 bits per heavy atom. The Hall–Kier alpha value is -1.86. The summed E-state index contributed by atoms with van der Waals surface area (Å²) in [7, 11) is 0. The molecule has 0 unspecified atom stereocenters. The van der Waals surface area contributed by atoms with E-state index in [1.54, 1.807) is 13.0 Å². The monoisotopic (exact) mass is 365 g/mol. The molecule has 7 heteroatoms. The van der Waals surface area contributed by atoms with Crippen molar-refractivity contribution in [1.29, 1.82) is 0 Å². The van der Waals surface area contributed by atoms with Crippen LogP contribution in [0.2, 0.25) is 0 Å². The van der Waals surface area contributed by atoms with E-state index in [2.05, 4.69) is 31.3 Å². The molecule has 0 spiro atoms. The fourth-order valence-corrected chi connectivity index (χ4v) is 2.71. The molecule has 0 radical (unpaired) electrons. The Kier molecular flexibility index (Phi) is 4.44. The lowest BCUT2D eigenvalue weighted by molar-refractivity contribution is 0.101. The molecule has 0 aliphatic carbocycles. The van der Waals surface area contributed by atoms with Crippen molar-refractivity contribution in [2.24, 2.45) is 0 Å². The molecule has 1 N–H and O–H groups in total. The van der Waals surface area contributed by atoms with Crippen LogP contribution in [0.5, 0.6) is 0 Å². The Morgan fingerprint density at radius 2 is 2.09 bits per heavy atom. The molecule has 1 amide bonds. The summed E-state index contributed by atoms with van der Waals surface area (Å²) in [6.45, 7) is 4.72. The number of anilines is 2. The molecule has 6 nitrogen and oxygen atoms in total. The predicted molar refractivity (Wildman–Crippen MR) is 86.4 cm³/mol. The van der Waals surface area contributed by atoms with E-state index in [0.29, 0.717) is 19.0 Å². The van der Waals surface area contributed by atoms with Crippen molar-refractivity contribution >= 4 is 33.2 Å². The lowest BCUT2D eigenvalue weighted by Crippen LogP contribution is -2.36. The molecule has 116 valence electrons. The fourth-order valence-electron chi connectivity index (χ4n) is 2.35. The first-order valence-corrected chi connectivity index (χ1v) is 7.80. The number of carbonyl (C=O) groups excluding carboxylic acids is 1. The van der Waals surface area contributed by atoms with Gasteiger partial charge in [-0.05, 0) is 25.1 Å². The van der Waals surface area contributed by atoms with Gasteiger partial charge in [0.15, 0.2) is 5.69 Å². The zero-order chi connectivity index (χ0) is 15.5. The number of morpholine rings is 1. The Bertz CT molecular complexity index is 680. The molecule has 1 aliphatic heterocycles. The maximum Gasteiger partial charge on any atom is 0.277 e. The van der Waals surface area contributed by atoms with Crippen molar-refractivity contribution in [3.63, 3.8) is 0 Å². The van der Waals surface area contributed by atoms with Gasteiger partial charge < -0.3 is 19.5 Å². The van der Waals surface area contributed by atoms with Crippen LogP contribution in [0.15, 0.2) is 33.3 Å². The molecule has 1 aromatic carbocycles. The van der Waals surface area contributed by atoms with Crippen molar-refractivity contribution in [2.45, 2.75) is 6.92 Å². The molecule has 0 atom stereocenters. The first kappa shape index (κ1) is 15.1. The van der Waals surface area contributed by atoms with Crippen molar-refractivity contribution < 1.29 is 14.1 Å². The summed E-state index contributed by atoms with van der Waals surface area (Å²) in [5, 5.41) is 6.65. The first-order chi connectivity index (χ1) is 10.6. The first-order valence-electron chi connectivity index (χ1n) is 7.00. The summed E-state index contributed by atoms with van der Waals surface area (Å²) in [5.41, 5.74) is 1.98. The third-order valence-electron chi connectivity index (χ3n) is 3.42. The van der Waals surface area contributed by atoms with Gasteiger partial charge in [0.25, 0.3) is 5.91 Å². The summed E-state index contributed by atoms with van der Waals surface area (Å²) in [6.07, 6.45) is 0. The summed E-state index contributed by atoms with van der Waals surface area (Å²) < 4.78 is 11.2. The second-order valence-corrected chi connectivity index (χ2v) is 5.95. The highest BCUT2D eigenvalue weighted by molar-refractivity contribution is 9.10. The van der Waals surface area contributed by atoms with E-state index in [1.807, 2.05) is 18.2 Å². The number of hydrogen-bond donors (Lipinski definition) is 1. The van der Waals surface area contributed by atoms with Crippen molar-refractivity contribution in [3.05, 3.63) is 40.2 Å². The van der Waals surface area contributed by atoms with E-state index in [9.17, 15) is 4.79 Å². The van der Waals surface area contributed by atoms with E-state index in [0.717, 1.165) is 28.9 Å². The third-order valence-corrected chi connectivity index (χ3v) is 3.91. The fraction of sp³-hybridized carbons (Fsp3) is 0.333. The Labute approximate surface area is 136 Å². The van der Waals surface area contributed by atoms with Gasteiger partial charge in [0.05, 0.1) is 24.6 Å². The SMILES string of the molecule is Cc1cc(C(=O)Nc2cc(Br)ccc2N2CCOCC2)no1. The molecule has 1 aliphatic rings. The number of ether oxygens (including phenoxy) is 1. The number of aromatic nitrogens is 1. The molecular weight excluding hydrogens is 350 g/mol. The van der Waals surface area contributed by atoms with Gasteiger partial charge in [-0.15, -0.1) is 0 Å². The molecule has 3 rings (SSSR count). The van der Waals surface area contributed by atoms with Crippen LogP contribution in [0.25, 0.3) is 0 Å². The van der Waals surface area contributed by atoms with Crippen LogP contribution in [0, 0.1) is 6.92 Å². The molecule has 1 aromatic heterocycles. The van der Waals surface area contributed by atoms with Crippen LogP contribution >= 0.6 is 15.9 Å². The largest absolute Gasteiger partial charge is 0.378 e.